The summed E-state index contributed by atoms with van der Waals surface area (Å²) in [6, 6.07) is 0. The summed E-state index contributed by atoms with van der Waals surface area (Å²) in [5.41, 5.74) is 7.74. The second-order valence-corrected chi connectivity index (χ2v) is 1.52. The highest BCUT2D eigenvalue weighted by Gasteiger charge is 2.04. The van der Waals surface area contributed by atoms with Crippen LogP contribution in [0.25, 0.3) is 0 Å². The number of nitrogens with two attached hydrogens (primary N) is 1. The zero-order valence-electron chi connectivity index (χ0n) is 3.01. The Morgan fingerprint density at radius 2 is 2.83 bits per heavy atom. The van der Waals surface area contributed by atoms with Gasteiger partial charge in [0.1, 0.15) is 17.2 Å². The summed E-state index contributed by atoms with van der Waals surface area (Å²) in [5.74, 6) is 0.556. The lowest BCUT2D eigenvalue weighted by Crippen LogP contribution is -1.86. The van der Waals surface area contributed by atoms with E-state index in [1.165, 1.54) is 11.8 Å². The van der Waals surface area contributed by atoms with E-state index in [9.17, 15) is 0 Å². The van der Waals surface area contributed by atoms with Crippen LogP contribution in [-0.4, -0.2) is 5.55 Å². The number of nitrogens with zero attached hydrogens (tertiary/aromatic N) is 1. The van der Waals surface area contributed by atoms with E-state index in [1.807, 2.05) is 0 Å². The van der Waals surface area contributed by atoms with Crippen LogP contribution in [0.4, 0.5) is 0 Å². The smallest absolute Gasteiger partial charge is 0.284 e. The van der Waals surface area contributed by atoms with Gasteiger partial charge in [-0.25, -0.2) is 0 Å². The van der Waals surface area contributed by atoms with Crippen LogP contribution in [0.15, 0.2) is 16.2 Å². The molecule has 0 saturated carbocycles. The van der Waals surface area contributed by atoms with Gasteiger partial charge in [-0.15, -0.1) is 0 Å². The zero-order valence-corrected chi connectivity index (χ0v) is 3.83. The number of thioether (sulfide) groups is 1. The number of hydrogen-bond donors (Lipinski definition) is 1. The molecule has 0 aliphatic carbocycles. The Bertz CT molecular complexity index is 103. The van der Waals surface area contributed by atoms with E-state index in [-0.39, 0.29) is 0 Å². The second-order valence-electron chi connectivity index (χ2n) is 0.864. The van der Waals surface area contributed by atoms with E-state index < -0.39 is 0 Å². The van der Waals surface area contributed by atoms with E-state index in [4.69, 9.17) is 5.73 Å². The molecular formula is C3H3N2S+. The summed E-state index contributed by atoms with van der Waals surface area (Å²) < 4.78 is 0. The van der Waals surface area contributed by atoms with E-state index in [0.29, 0.717) is 5.82 Å². The molecule has 1 aliphatic rings. The van der Waals surface area contributed by atoms with Crippen molar-refractivity contribution in [3.63, 3.8) is 0 Å². The van der Waals surface area contributed by atoms with E-state index >= 15 is 0 Å². The lowest BCUT2D eigenvalue weighted by molar-refractivity contribution is 1.28. The highest BCUT2D eigenvalue weighted by Crippen LogP contribution is 2.07. The van der Waals surface area contributed by atoms with Gasteiger partial charge in [0.2, 0.25) is 0 Å². The SMILES string of the molecule is NC1=CS[C+]=N1. The van der Waals surface area contributed by atoms with Crippen LogP contribution in [0.2, 0.25) is 0 Å². The molecule has 1 heterocycles. The minimum absolute atomic E-state index is 0.556. The number of rotatable bonds is 0. The second kappa shape index (κ2) is 1.29. The van der Waals surface area contributed by atoms with Gasteiger partial charge in [-0.05, 0) is 0 Å². The maximum atomic E-state index is 5.15. The molecule has 0 fully saturated rings. The molecule has 30 valence electrons. The van der Waals surface area contributed by atoms with Crippen molar-refractivity contribution in [2.45, 2.75) is 0 Å². The third-order valence-corrected chi connectivity index (χ3v) is 0.963. The number of aliphatic imine (C=N–C) groups is 1. The summed E-state index contributed by atoms with van der Waals surface area (Å²) in [4.78, 5) is 3.59. The minimum atomic E-state index is 0.556. The van der Waals surface area contributed by atoms with Crippen LogP contribution in [0.1, 0.15) is 0 Å². The molecule has 0 aromatic heterocycles. The number of hydrogen-bond acceptors (Lipinski definition) is 3. The predicted molar refractivity (Wildman–Crippen MR) is 27.3 cm³/mol. The molecule has 0 aromatic rings. The van der Waals surface area contributed by atoms with Gasteiger partial charge in [0.05, 0.1) is 0 Å². The summed E-state index contributed by atoms with van der Waals surface area (Å²) >= 11 is 1.38. The molecule has 2 N–H and O–H groups in total. The molecule has 0 unspecified atom stereocenters. The fourth-order valence-electron chi connectivity index (χ4n) is 0.192. The van der Waals surface area contributed by atoms with Crippen molar-refractivity contribution < 1.29 is 0 Å². The molecule has 0 bridgehead atoms. The van der Waals surface area contributed by atoms with Gasteiger partial charge in [0, 0.05) is 4.99 Å². The molecule has 0 saturated heterocycles. The van der Waals surface area contributed by atoms with Crippen molar-refractivity contribution in [2.24, 2.45) is 10.7 Å². The Balaban J connectivity index is 2.68. The molecule has 0 aromatic carbocycles. The van der Waals surface area contributed by atoms with Crippen LogP contribution in [0.3, 0.4) is 0 Å². The van der Waals surface area contributed by atoms with Crippen molar-refractivity contribution >= 4 is 17.3 Å². The van der Waals surface area contributed by atoms with Crippen LogP contribution < -0.4 is 5.73 Å². The Morgan fingerprint density at radius 3 is 3.00 bits per heavy atom. The largest absolute Gasteiger partial charge is 0.307 e. The zero-order chi connectivity index (χ0) is 4.41. The molecule has 0 spiro atoms. The van der Waals surface area contributed by atoms with Crippen LogP contribution in [0, 0.1) is 0 Å². The molecule has 1 aliphatic heterocycles. The van der Waals surface area contributed by atoms with Crippen LogP contribution in [-0.2, 0) is 0 Å². The fraction of sp³-hybridized carbons (Fsp3) is 0. The minimum Gasteiger partial charge on any atom is -0.307 e. The molecular weight excluding hydrogens is 96.1 g/mol. The third-order valence-electron chi connectivity index (χ3n) is 0.407. The first-order valence-electron chi connectivity index (χ1n) is 1.46. The van der Waals surface area contributed by atoms with Crippen molar-refractivity contribution in [1.82, 2.24) is 0 Å². The first kappa shape index (κ1) is 3.65. The molecule has 0 atom stereocenters. The topological polar surface area (TPSA) is 38.4 Å². The normalized spacial score (nSPS) is 17.0. The van der Waals surface area contributed by atoms with Crippen LogP contribution >= 0.6 is 11.8 Å². The van der Waals surface area contributed by atoms with Gasteiger partial charge in [0.15, 0.2) is 0 Å². The molecule has 0 amide bonds. The van der Waals surface area contributed by atoms with E-state index in [0.717, 1.165) is 0 Å². The van der Waals surface area contributed by atoms with Crippen LogP contribution in [0.5, 0.6) is 0 Å². The van der Waals surface area contributed by atoms with E-state index in [1.54, 1.807) is 5.41 Å². The molecule has 3 heteroatoms. The van der Waals surface area contributed by atoms with Crippen molar-refractivity contribution in [3.05, 3.63) is 11.2 Å². The molecule has 1 rings (SSSR count). The van der Waals surface area contributed by atoms with Gasteiger partial charge < -0.3 is 5.73 Å². The lowest BCUT2D eigenvalue weighted by Gasteiger charge is -1.58. The van der Waals surface area contributed by atoms with Crippen molar-refractivity contribution in [1.29, 1.82) is 0 Å². The van der Waals surface area contributed by atoms with Crippen molar-refractivity contribution in [3.8, 4) is 0 Å². The highest BCUT2D eigenvalue weighted by atomic mass is 32.2. The maximum absolute atomic E-state index is 5.15. The Kier molecular flexibility index (Phi) is 0.783. The Morgan fingerprint density at radius 1 is 2.00 bits per heavy atom. The van der Waals surface area contributed by atoms with Gasteiger partial charge in [0.25, 0.3) is 11.4 Å². The summed E-state index contributed by atoms with van der Waals surface area (Å²) in [6.45, 7) is 0. The predicted octanol–water partition coefficient (Wildman–Crippen LogP) is 0.396. The first-order valence-corrected chi connectivity index (χ1v) is 2.34. The summed E-state index contributed by atoms with van der Waals surface area (Å²) in [5, 5.41) is 1.74. The monoisotopic (exact) mass is 99.0 g/mol. The highest BCUT2D eigenvalue weighted by molar-refractivity contribution is 8.14. The maximum Gasteiger partial charge on any atom is 0.284 e. The first-order chi connectivity index (χ1) is 2.89. The molecule has 6 heavy (non-hydrogen) atoms. The third kappa shape index (κ3) is 0.506. The van der Waals surface area contributed by atoms with Gasteiger partial charge in [-0.1, -0.05) is 0 Å². The quantitative estimate of drug-likeness (QED) is 0.446. The van der Waals surface area contributed by atoms with Gasteiger partial charge >= 0.3 is 0 Å². The molecule has 0 radical (unpaired) electrons. The Labute approximate surface area is 40.1 Å². The van der Waals surface area contributed by atoms with E-state index in [2.05, 4.69) is 10.5 Å². The molecule has 2 nitrogen and oxygen atoms in total. The van der Waals surface area contributed by atoms with Crippen molar-refractivity contribution in [2.75, 3.05) is 0 Å². The van der Waals surface area contributed by atoms with Gasteiger partial charge in [-0.2, -0.15) is 0 Å². The standard InChI is InChI=1S/C3H3N2S/c4-3-1-6-2-5-3/h1H,4H2/q+1. The average molecular weight is 99.1 g/mol. The summed E-state index contributed by atoms with van der Waals surface area (Å²) in [6.07, 6.45) is 0. The summed E-state index contributed by atoms with van der Waals surface area (Å²) in [7, 11) is 0. The average Bonchev–Trinajstić information content (AvgIpc) is 1.86. The lowest BCUT2D eigenvalue weighted by atomic mass is 10.9. The Hall–Kier alpha value is -0.530. The van der Waals surface area contributed by atoms with Gasteiger partial charge in [-0.3, -0.25) is 0 Å². The fourth-order valence-corrected chi connectivity index (χ4v) is 0.576.